The molecule has 2 aromatic carbocycles. The molecule has 0 unspecified atom stereocenters. The monoisotopic (exact) mass is 340 g/mol. The molecule has 3 nitrogen and oxygen atoms in total. The number of ketones is 1. The molecule has 2 aromatic rings. The van der Waals surface area contributed by atoms with Crippen LogP contribution < -0.4 is 10.6 Å². The fourth-order valence-electron chi connectivity index (χ4n) is 3.68. The number of benzene rings is 2. The van der Waals surface area contributed by atoms with Crippen LogP contribution in [-0.2, 0) is 4.79 Å². The maximum atomic E-state index is 13.8. The van der Waals surface area contributed by atoms with Gasteiger partial charge in [0, 0.05) is 23.8 Å². The van der Waals surface area contributed by atoms with Gasteiger partial charge < -0.3 is 10.6 Å². The summed E-state index contributed by atoms with van der Waals surface area (Å²) in [7, 11) is 0. The van der Waals surface area contributed by atoms with Crippen molar-refractivity contribution < 1.29 is 13.6 Å². The average molecular weight is 340 g/mol. The molecule has 5 heteroatoms. The SMILES string of the molecule is C[C@H]1CC(=O)C2=C(C1)Nc1ccccc1N[C@@H]2c1cc(F)cc(F)c1. The quantitative estimate of drug-likeness (QED) is 0.784. The highest BCUT2D eigenvalue weighted by Crippen LogP contribution is 2.41. The lowest BCUT2D eigenvalue weighted by molar-refractivity contribution is -0.117. The normalized spacial score (nSPS) is 22.4. The van der Waals surface area contributed by atoms with Gasteiger partial charge in [-0.1, -0.05) is 19.1 Å². The molecule has 128 valence electrons. The van der Waals surface area contributed by atoms with Crippen molar-refractivity contribution >= 4 is 17.2 Å². The molecule has 0 spiro atoms. The van der Waals surface area contributed by atoms with Gasteiger partial charge in [-0.3, -0.25) is 4.79 Å². The number of anilines is 2. The van der Waals surface area contributed by atoms with E-state index in [-0.39, 0.29) is 11.7 Å². The van der Waals surface area contributed by atoms with Crippen LogP contribution in [0.15, 0.2) is 53.7 Å². The second-order valence-electron chi connectivity index (χ2n) is 6.78. The first-order valence-corrected chi connectivity index (χ1v) is 8.36. The summed E-state index contributed by atoms with van der Waals surface area (Å²) in [5.41, 5.74) is 3.46. The second-order valence-corrected chi connectivity index (χ2v) is 6.78. The summed E-state index contributed by atoms with van der Waals surface area (Å²) < 4.78 is 27.6. The van der Waals surface area contributed by atoms with Crippen LogP contribution in [0.5, 0.6) is 0 Å². The number of allylic oxidation sites excluding steroid dienone is 1. The molecule has 0 aromatic heterocycles. The van der Waals surface area contributed by atoms with E-state index in [0.29, 0.717) is 17.6 Å². The third kappa shape index (κ3) is 2.90. The summed E-state index contributed by atoms with van der Waals surface area (Å²) in [4.78, 5) is 12.8. The van der Waals surface area contributed by atoms with Gasteiger partial charge in [0.05, 0.1) is 17.4 Å². The Morgan fingerprint density at radius 1 is 1.00 bits per heavy atom. The molecular weight excluding hydrogens is 322 g/mol. The topological polar surface area (TPSA) is 41.1 Å². The summed E-state index contributed by atoms with van der Waals surface area (Å²) in [6.45, 7) is 2.03. The molecule has 0 amide bonds. The zero-order valence-electron chi connectivity index (χ0n) is 13.8. The molecule has 2 atom stereocenters. The van der Waals surface area contributed by atoms with E-state index in [9.17, 15) is 13.6 Å². The van der Waals surface area contributed by atoms with Crippen molar-refractivity contribution in [3.05, 3.63) is 70.9 Å². The predicted octanol–water partition coefficient (Wildman–Crippen LogP) is 4.80. The average Bonchev–Trinajstić information content (AvgIpc) is 2.70. The maximum Gasteiger partial charge on any atom is 0.163 e. The van der Waals surface area contributed by atoms with Crippen LogP contribution in [0.3, 0.4) is 0 Å². The first kappa shape index (κ1) is 15.8. The van der Waals surface area contributed by atoms with Crippen molar-refractivity contribution in [1.82, 2.24) is 0 Å². The van der Waals surface area contributed by atoms with E-state index >= 15 is 0 Å². The predicted molar refractivity (Wildman–Crippen MR) is 93.2 cm³/mol. The Labute approximate surface area is 144 Å². The van der Waals surface area contributed by atoms with Crippen molar-refractivity contribution in [3.8, 4) is 0 Å². The van der Waals surface area contributed by atoms with Gasteiger partial charge >= 0.3 is 0 Å². The van der Waals surface area contributed by atoms with Crippen LogP contribution in [0.2, 0.25) is 0 Å². The molecule has 0 bridgehead atoms. The van der Waals surface area contributed by atoms with Gasteiger partial charge in [0.15, 0.2) is 5.78 Å². The number of fused-ring (bicyclic) bond motifs is 1. The van der Waals surface area contributed by atoms with Gasteiger partial charge in [-0.2, -0.15) is 0 Å². The van der Waals surface area contributed by atoms with E-state index in [2.05, 4.69) is 10.6 Å². The highest BCUT2D eigenvalue weighted by atomic mass is 19.1. The van der Waals surface area contributed by atoms with Gasteiger partial charge in [0.2, 0.25) is 0 Å². The Balaban J connectivity index is 1.90. The highest BCUT2D eigenvalue weighted by Gasteiger charge is 2.34. The number of Topliss-reactive ketones (excluding diaryl/α,β-unsaturated/α-hetero) is 1. The number of nitrogens with one attached hydrogen (secondary N) is 2. The number of para-hydroxylation sites is 2. The van der Waals surface area contributed by atoms with Crippen molar-refractivity contribution in [1.29, 1.82) is 0 Å². The molecule has 1 aliphatic heterocycles. The van der Waals surface area contributed by atoms with Crippen LogP contribution in [0.25, 0.3) is 0 Å². The summed E-state index contributed by atoms with van der Waals surface area (Å²) >= 11 is 0. The number of halogens is 2. The summed E-state index contributed by atoms with van der Waals surface area (Å²) in [6, 6.07) is 10.4. The lowest BCUT2D eigenvalue weighted by atomic mass is 9.82. The number of hydrogen-bond acceptors (Lipinski definition) is 3. The van der Waals surface area contributed by atoms with Crippen molar-refractivity contribution in [3.63, 3.8) is 0 Å². The van der Waals surface area contributed by atoms with Gasteiger partial charge in [-0.05, 0) is 42.2 Å². The largest absolute Gasteiger partial charge is 0.372 e. The van der Waals surface area contributed by atoms with Crippen molar-refractivity contribution in [2.24, 2.45) is 5.92 Å². The molecule has 25 heavy (non-hydrogen) atoms. The summed E-state index contributed by atoms with van der Waals surface area (Å²) in [5.74, 6) is -1.06. The fraction of sp³-hybridized carbons (Fsp3) is 0.250. The summed E-state index contributed by atoms with van der Waals surface area (Å²) in [5, 5.41) is 6.66. The minimum absolute atomic E-state index is 0.0104. The third-order valence-corrected chi connectivity index (χ3v) is 4.73. The molecule has 0 fully saturated rings. The zero-order chi connectivity index (χ0) is 17.6. The van der Waals surface area contributed by atoms with Crippen LogP contribution in [0.4, 0.5) is 20.2 Å². The van der Waals surface area contributed by atoms with E-state index in [1.807, 2.05) is 31.2 Å². The minimum Gasteiger partial charge on any atom is -0.372 e. The molecule has 4 rings (SSSR count). The maximum absolute atomic E-state index is 13.8. The number of rotatable bonds is 1. The van der Waals surface area contributed by atoms with Crippen molar-refractivity contribution in [2.75, 3.05) is 10.6 Å². The Morgan fingerprint density at radius 3 is 2.40 bits per heavy atom. The molecule has 2 N–H and O–H groups in total. The first-order chi connectivity index (χ1) is 12.0. The van der Waals surface area contributed by atoms with Gasteiger partial charge in [-0.15, -0.1) is 0 Å². The Morgan fingerprint density at radius 2 is 1.68 bits per heavy atom. The van der Waals surface area contributed by atoms with Crippen LogP contribution in [-0.4, -0.2) is 5.78 Å². The van der Waals surface area contributed by atoms with E-state index in [1.165, 1.54) is 12.1 Å². The fourth-order valence-corrected chi connectivity index (χ4v) is 3.68. The lowest BCUT2D eigenvalue weighted by Crippen LogP contribution is -2.26. The Bertz CT molecular complexity index is 871. The van der Waals surface area contributed by atoms with Gasteiger partial charge in [0.25, 0.3) is 0 Å². The molecule has 1 aliphatic carbocycles. The van der Waals surface area contributed by atoms with Gasteiger partial charge in [0.1, 0.15) is 11.6 Å². The summed E-state index contributed by atoms with van der Waals surface area (Å²) in [6.07, 6.45) is 1.16. The number of carbonyl (C=O) groups excluding carboxylic acids is 1. The van der Waals surface area contributed by atoms with E-state index in [4.69, 9.17) is 0 Å². The molecule has 2 aliphatic rings. The van der Waals surface area contributed by atoms with E-state index in [0.717, 1.165) is 29.6 Å². The van der Waals surface area contributed by atoms with Crippen molar-refractivity contribution in [2.45, 2.75) is 25.8 Å². The second kappa shape index (κ2) is 5.99. The van der Waals surface area contributed by atoms with Gasteiger partial charge in [-0.25, -0.2) is 8.78 Å². The molecule has 0 saturated heterocycles. The number of carbonyl (C=O) groups is 1. The van der Waals surface area contributed by atoms with Crippen LogP contribution in [0.1, 0.15) is 31.4 Å². The molecule has 1 heterocycles. The van der Waals surface area contributed by atoms with E-state index in [1.54, 1.807) is 0 Å². The Hall–Kier alpha value is -2.69. The lowest BCUT2D eigenvalue weighted by Gasteiger charge is -2.28. The molecule has 0 radical (unpaired) electrons. The standard InChI is InChI=1S/C20H18F2N2O/c1-11-6-17-19(18(25)7-11)20(12-8-13(21)10-14(22)9-12)24-16-5-3-2-4-15(16)23-17/h2-5,8-11,20,23-24H,6-7H2,1H3/t11-,20-/m1/s1. The number of hydrogen-bond donors (Lipinski definition) is 2. The minimum atomic E-state index is -0.652. The van der Waals surface area contributed by atoms with Crippen LogP contribution >= 0.6 is 0 Å². The first-order valence-electron chi connectivity index (χ1n) is 8.36. The Kier molecular flexibility index (Phi) is 3.79. The third-order valence-electron chi connectivity index (χ3n) is 4.73. The zero-order valence-corrected chi connectivity index (χ0v) is 13.8. The smallest absolute Gasteiger partial charge is 0.163 e. The highest BCUT2D eigenvalue weighted by molar-refractivity contribution is 6.00. The molecular formula is C20H18F2N2O. The molecule has 0 saturated carbocycles. The van der Waals surface area contributed by atoms with Crippen LogP contribution in [0, 0.1) is 17.6 Å². The van der Waals surface area contributed by atoms with E-state index < -0.39 is 17.7 Å².